The topological polar surface area (TPSA) is 59.0 Å². The molecule has 2 N–H and O–H groups in total. The molecule has 5 nitrogen and oxygen atoms in total. The van der Waals surface area contributed by atoms with Gasteiger partial charge in [-0.1, -0.05) is 15.9 Å². The summed E-state index contributed by atoms with van der Waals surface area (Å²) >= 11 is 3.31. The molecule has 0 unspecified atom stereocenters. The maximum atomic E-state index is 13.1. The Morgan fingerprint density at radius 3 is 3.00 bits per heavy atom. The zero-order valence-corrected chi connectivity index (χ0v) is 12.2. The van der Waals surface area contributed by atoms with Crippen LogP contribution in [0.5, 0.6) is 0 Å². The SMILES string of the molecule is O=C(NCCn1ccnc1)NCc1cc(F)ccc1Br. The molecule has 1 heterocycles. The molecule has 0 fully saturated rings. The Labute approximate surface area is 124 Å². The van der Waals surface area contributed by atoms with Crippen molar-refractivity contribution in [3.05, 3.63) is 52.8 Å². The molecule has 2 aromatic rings. The lowest BCUT2D eigenvalue weighted by Crippen LogP contribution is -2.36. The van der Waals surface area contributed by atoms with E-state index in [1.807, 2.05) is 10.8 Å². The summed E-state index contributed by atoms with van der Waals surface area (Å²) in [6.45, 7) is 1.40. The van der Waals surface area contributed by atoms with Crippen molar-refractivity contribution in [2.75, 3.05) is 6.54 Å². The predicted octanol–water partition coefficient (Wildman–Crippen LogP) is 2.28. The van der Waals surface area contributed by atoms with E-state index >= 15 is 0 Å². The van der Waals surface area contributed by atoms with Crippen LogP contribution in [0.1, 0.15) is 5.56 Å². The third-order valence-corrected chi connectivity index (χ3v) is 3.44. The standard InChI is InChI=1S/C13H14BrFN4O/c14-12-2-1-11(15)7-10(12)8-18-13(20)17-4-6-19-5-3-16-9-19/h1-3,5,7,9H,4,6,8H2,(H2,17,18,20). The van der Waals surface area contributed by atoms with E-state index in [1.165, 1.54) is 12.1 Å². The molecule has 0 aliphatic rings. The van der Waals surface area contributed by atoms with Gasteiger partial charge in [0.1, 0.15) is 5.82 Å². The Morgan fingerprint density at radius 1 is 1.40 bits per heavy atom. The van der Waals surface area contributed by atoms with E-state index < -0.39 is 0 Å². The van der Waals surface area contributed by atoms with Crippen LogP contribution in [-0.2, 0) is 13.1 Å². The predicted molar refractivity (Wildman–Crippen MR) is 76.6 cm³/mol. The van der Waals surface area contributed by atoms with Crippen LogP contribution in [0, 0.1) is 5.82 Å². The van der Waals surface area contributed by atoms with Gasteiger partial charge < -0.3 is 15.2 Å². The van der Waals surface area contributed by atoms with Gasteiger partial charge in [-0.2, -0.15) is 0 Å². The van der Waals surface area contributed by atoms with Gasteiger partial charge in [-0.25, -0.2) is 14.2 Å². The van der Waals surface area contributed by atoms with E-state index in [-0.39, 0.29) is 18.4 Å². The van der Waals surface area contributed by atoms with Gasteiger partial charge in [-0.3, -0.25) is 0 Å². The molecule has 0 radical (unpaired) electrons. The third-order valence-electron chi connectivity index (χ3n) is 2.66. The molecule has 0 atom stereocenters. The Morgan fingerprint density at radius 2 is 2.25 bits per heavy atom. The molecule has 106 valence electrons. The number of urea groups is 1. The van der Waals surface area contributed by atoms with Gasteiger partial charge in [0, 0.05) is 36.5 Å². The monoisotopic (exact) mass is 340 g/mol. The number of imidazole rings is 1. The lowest BCUT2D eigenvalue weighted by Gasteiger charge is -2.09. The van der Waals surface area contributed by atoms with Gasteiger partial charge in [0.25, 0.3) is 0 Å². The molecule has 0 spiro atoms. The van der Waals surface area contributed by atoms with Crippen molar-refractivity contribution >= 4 is 22.0 Å². The fourth-order valence-corrected chi connectivity index (χ4v) is 2.02. The van der Waals surface area contributed by atoms with Crippen LogP contribution < -0.4 is 10.6 Å². The maximum Gasteiger partial charge on any atom is 0.315 e. The molecular weight excluding hydrogens is 327 g/mol. The van der Waals surface area contributed by atoms with Gasteiger partial charge >= 0.3 is 6.03 Å². The van der Waals surface area contributed by atoms with Crippen molar-refractivity contribution in [1.82, 2.24) is 20.2 Å². The number of halogens is 2. The van der Waals surface area contributed by atoms with Crippen LogP contribution in [0.15, 0.2) is 41.4 Å². The van der Waals surface area contributed by atoms with Gasteiger partial charge in [-0.15, -0.1) is 0 Å². The Balaban J connectivity index is 1.73. The molecule has 0 aliphatic heterocycles. The zero-order chi connectivity index (χ0) is 14.4. The van der Waals surface area contributed by atoms with Crippen molar-refractivity contribution in [3.8, 4) is 0 Å². The molecule has 0 saturated carbocycles. The number of hydrogen-bond donors (Lipinski definition) is 2. The summed E-state index contributed by atoms with van der Waals surface area (Å²) in [5, 5.41) is 5.39. The second-order valence-corrected chi connectivity index (χ2v) is 5.00. The maximum absolute atomic E-state index is 13.1. The van der Waals surface area contributed by atoms with E-state index in [2.05, 4.69) is 31.5 Å². The first-order chi connectivity index (χ1) is 9.65. The summed E-state index contributed by atoms with van der Waals surface area (Å²) < 4.78 is 15.7. The number of carbonyl (C=O) groups excluding carboxylic acids is 1. The summed E-state index contributed by atoms with van der Waals surface area (Å²) in [6, 6.07) is 4.07. The fraction of sp³-hybridized carbons (Fsp3) is 0.231. The van der Waals surface area contributed by atoms with Gasteiger partial charge in [0.05, 0.1) is 6.33 Å². The second-order valence-electron chi connectivity index (χ2n) is 4.15. The second kappa shape index (κ2) is 7.04. The molecule has 20 heavy (non-hydrogen) atoms. The normalized spacial score (nSPS) is 10.3. The molecule has 2 rings (SSSR count). The highest BCUT2D eigenvalue weighted by Gasteiger charge is 2.04. The van der Waals surface area contributed by atoms with Gasteiger partial charge in [0.15, 0.2) is 0 Å². The minimum Gasteiger partial charge on any atom is -0.336 e. The number of benzene rings is 1. The Bertz CT molecular complexity index is 574. The summed E-state index contributed by atoms with van der Waals surface area (Å²) in [5.74, 6) is -0.328. The van der Waals surface area contributed by atoms with Crippen LogP contribution in [0.3, 0.4) is 0 Å². The quantitative estimate of drug-likeness (QED) is 0.877. The average Bonchev–Trinajstić information content (AvgIpc) is 2.93. The van der Waals surface area contributed by atoms with Crippen LogP contribution in [0.2, 0.25) is 0 Å². The lowest BCUT2D eigenvalue weighted by molar-refractivity contribution is 0.240. The van der Waals surface area contributed by atoms with Crippen LogP contribution in [-0.4, -0.2) is 22.1 Å². The van der Waals surface area contributed by atoms with E-state index in [9.17, 15) is 9.18 Å². The molecule has 2 amide bonds. The highest BCUT2D eigenvalue weighted by Crippen LogP contribution is 2.17. The van der Waals surface area contributed by atoms with E-state index in [0.717, 1.165) is 4.47 Å². The highest BCUT2D eigenvalue weighted by atomic mass is 79.9. The number of amides is 2. The van der Waals surface area contributed by atoms with E-state index in [0.29, 0.717) is 18.7 Å². The van der Waals surface area contributed by atoms with E-state index in [1.54, 1.807) is 18.6 Å². The fourth-order valence-electron chi connectivity index (χ4n) is 1.63. The molecule has 0 saturated heterocycles. The Hall–Kier alpha value is -1.89. The van der Waals surface area contributed by atoms with Crippen molar-refractivity contribution in [2.45, 2.75) is 13.1 Å². The summed E-state index contributed by atoms with van der Waals surface area (Å²) in [4.78, 5) is 15.5. The van der Waals surface area contributed by atoms with Crippen LogP contribution in [0.25, 0.3) is 0 Å². The van der Waals surface area contributed by atoms with Crippen molar-refractivity contribution < 1.29 is 9.18 Å². The third kappa shape index (κ3) is 4.34. The minimum absolute atomic E-state index is 0.259. The largest absolute Gasteiger partial charge is 0.336 e. The minimum atomic E-state index is -0.328. The number of nitrogens with one attached hydrogen (secondary N) is 2. The van der Waals surface area contributed by atoms with Crippen LogP contribution >= 0.6 is 15.9 Å². The molecular formula is C13H14BrFN4O. The van der Waals surface area contributed by atoms with Gasteiger partial charge in [0.2, 0.25) is 0 Å². The highest BCUT2D eigenvalue weighted by molar-refractivity contribution is 9.10. The smallest absolute Gasteiger partial charge is 0.315 e. The number of nitrogens with zero attached hydrogens (tertiary/aromatic N) is 2. The van der Waals surface area contributed by atoms with Gasteiger partial charge in [-0.05, 0) is 23.8 Å². The first-order valence-corrected chi connectivity index (χ1v) is 6.86. The Kier molecular flexibility index (Phi) is 5.11. The number of rotatable bonds is 5. The summed E-state index contributed by atoms with van der Waals surface area (Å²) in [7, 11) is 0. The number of hydrogen-bond acceptors (Lipinski definition) is 2. The molecule has 0 aliphatic carbocycles. The first kappa shape index (κ1) is 14.5. The van der Waals surface area contributed by atoms with Crippen molar-refractivity contribution in [3.63, 3.8) is 0 Å². The number of carbonyl (C=O) groups is 1. The molecule has 1 aromatic heterocycles. The van der Waals surface area contributed by atoms with Crippen molar-refractivity contribution in [1.29, 1.82) is 0 Å². The lowest BCUT2D eigenvalue weighted by atomic mass is 10.2. The van der Waals surface area contributed by atoms with E-state index in [4.69, 9.17) is 0 Å². The molecule has 1 aromatic carbocycles. The molecule has 0 bridgehead atoms. The average molecular weight is 341 g/mol. The zero-order valence-electron chi connectivity index (χ0n) is 10.6. The molecule has 7 heteroatoms. The van der Waals surface area contributed by atoms with Crippen LogP contribution in [0.4, 0.5) is 9.18 Å². The summed E-state index contributed by atoms with van der Waals surface area (Å²) in [5.41, 5.74) is 0.690. The summed E-state index contributed by atoms with van der Waals surface area (Å²) in [6.07, 6.45) is 5.19. The first-order valence-electron chi connectivity index (χ1n) is 6.06. The van der Waals surface area contributed by atoms with Crippen molar-refractivity contribution in [2.24, 2.45) is 0 Å². The number of aromatic nitrogens is 2.